The van der Waals surface area contributed by atoms with Crippen LogP contribution >= 0.6 is 15.6 Å². The summed E-state index contributed by atoms with van der Waals surface area (Å²) in [6.07, 6.45) is -0.580. The Balaban J connectivity index is 3.34. The van der Waals surface area contributed by atoms with E-state index in [2.05, 4.69) is 0 Å². The van der Waals surface area contributed by atoms with Crippen molar-refractivity contribution in [2.24, 2.45) is 0 Å². The molecule has 0 aromatic rings. The summed E-state index contributed by atoms with van der Waals surface area (Å²) in [6, 6.07) is 0. The van der Waals surface area contributed by atoms with Gasteiger partial charge in [-0.3, -0.25) is 4.57 Å². The quantitative estimate of drug-likeness (QED) is 0.465. The molecule has 0 aliphatic carbocycles. The monoisotopic (exact) mass is 144 g/mol. The van der Waals surface area contributed by atoms with Crippen LogP contribution in [0.4, 0.5) is 0 Å². The zero-order chi connectivity index (χ0) is 5.86. The molecule has 6 heteroatoms. The Hall–Kier alpha value is 0.540. The van der Waals surface area contributed by atoms with Crippen molar-refractivity contribution < 1.29 is 19.5 Å². The minimum absolute atomic E-state index is 0.580. The highest BCUT2D eigenvalue weighted by Gasteiger charge is 2.05. The Kier molecular flexibility index (Phi) is 3.80. The first-order valence-electron chi connectivity index (χ1n) is 1.48. The average molecular weight is 144 g/mol. The number of rotatable bonds is 2. The predicted octanol–water partition coefficient (Wildman–Crippen LogP) is -0.293. The molecule has 44 valence electrons. The summed E-state index contributed by atoms with van der Waals surface area (Å²) in [5, 5.41) is 7.95. The molecule has 2 atom stereocenters. The fourth-order valence-electron chi connectivity index (χ4n) is 0.0605. The van der Waals surface area contributed by atoms with Gasteiger partial charge in [0.1, 0.15) is 7.84 Å². The van der Waals surface area contributed by atoms with Crippen LogP contribution in [-0.4, -0.2) is 21.2 Å². The van der Waals surface area contributed by atoms with Gasteiger partial charge in [-0.05, 0) is 0 Å². The van der Waals surface area contributed by atoms with Gasteiger partial charge in [-0.1, -0.05) is 0 Å². The zero-order valence-electron chi connectivity index (χ0n) is 3.40. The van der Waals surface area contributed by atoms with E-state index in [-0.39, 0.29) is 0 Å². The van der Waals surface area contributed by atoms with Crippen LogP contribution in [0.2, 0.25) is 0 Å². The normalized spacial score (nSPS) is 18.7. The van der Waals surface area contributed by atoms with E-state index in [1.807, 2.05) is 0 Å². The predicted molar refractivity (Wildman–Crippen MR) is 27.4 cm³/mol. The molecular weight excluding hydrogens is 138 g/mol. The number of aliphatic hydroxyl groups is 1. The lowest BCUT2D eigenvalue weighted by molar-refractivity contribution is 0.358. The average Bonchev–Trinajstić information content (AvgIpc) is 1.65. The first kappa shape index (κ1) is 7.54. The summed E-state index contributed by atoms with van der Waals surface area (Å²) in [7, 11) is -4.82. The Bertz CT molecular complexity index is 72.1. The van der Waals surface area contributed by atoms with Gasteiger partial charge in [0, 0.05) is 0 Å². The van der Waals surface area contributed by atoms with Crippen molar-refractivity contribution in [1.29, 1.82) is 0 Å². The fourth-order valence-corrected chi connectivity index (χ4v) is 0.544. The Labute approximate surface area is 42.4 Å². The molecule has 0 aliphatic rings. The van der Waals surface area contributed by atoms with E-state index in [4.69, 9.17) is 14.9 Å². The van der Waals surface area contributed by atoms with Crippen LogP contribution in [0.15, 0.2) is 0 Å². The molecule has 0 saturated heterocycles. The minimum Gasteiger partial charge on any atom is -0.389 e. The van der Waals surface area contributed by atoms with Crippen molar-refractivity contribution in [2.75, 3.05) is 6.35 Å². The van der Waals surface area contributed by atoms with Crippen LogP contribution in [0.1, 0.15) is 0 Å². The third kappa shape index (κ3) is 3.15. The topological polar surface area (TPSA) is 77.8 Å². The first-order chi connectivity index (χ1) is 3.18. The summed E-state index contributed by atoms with van der Waals surface area (Å²) in [5.74, 6) is 0. The van der Waals surface area contributed by atoms with Crippen LogP contribution in [0.25, 0.3) is 0 Å². The zero-order valence-corrected chi connectivity index (χ0v) is 5.30. The minimum atomic E-state index is -2.84. The highest BCUT2D eigenvalue weighted by Crippen LogP contribution is 2.53. The van der Waals surface area contributed by atoms with Crippen molar-refractivity contribution in [3.05, 3.63) is 0 Å². The summed E-state index contributed by atoms with van der Waals surface area (Å²) in [6.45, 7) is 0. The van der Waals surface area contributed by atoms with E-state index < -0.39 is 21.9 Å². The van der Waals surface area contributed by atoms with E-state index in [1.54, 1.807) is 0 Å². The summed E-state index contributed by atoms with van der Waals surface area (Å²) >= 11 is 0. The third-order valence-corrected chi connectivity index (χ3v) is 2.81. The molecule has 0 aliphatic heterocycles. The van der Waals surface area contributed by atoms with Gasteiger partial charge in [0.15, 0.2) is 0 Å². The van der Waals surface area contributed by atoms with Gasteiger partial charge >= 0.3 is 0 Å². The van der Waals surface area contributed by atoms with Crippen LogP contribution < -0.4 is 0 Å². The molecule has 4 nitrogen and oxygen atoms in total. The van der Waals surface area contributed by atoms with E-state index in [0.29, 0.717) is 0 Å². The lowest BCUT2D eigenvalue weighted by Crippen LogP contribution is -1.71. The molecule has 0 saturated carbocycles. The SMILES string of the molecule is O=[PH](O)P(O)CO. The van der Waals surface area contributed by atoms with Gasteiger partial charge in [0.05, 0.1) is 6.35 Å². The summed E-state index contributed by atoms with van der Waals surface area (Å²) < 4.78 is 9.73. The Morgan fingerprint density at radius 1 is 1.71 bits per heavy atom. The third-order valence-electron chi connectivity index (χ3n) is 0.355. The van der Waals surface area contributed by atoms with E-state index in [9.17, 15) is 4.57 Å². The largest absolute Gasteiger partial charge is 0.389 e. The Morgan fingerprint density at radius 2 is 2.14 bits per heavy atom. The van der Waals surface area contributed by atoms with Crippen LogP contribution in [0.3, 0.4) is 0 Å². The fraction of sp³-hybridized carbons (Fsp3) is 1.00. The first-order valence-corrected chi connectivity index (χ1v) is 5.16. The molecule has 0 rings (SSSR count). The maximum absolute atomic E-state index is 9.73. The molecule has 0 spiro atoms. The molecule has 0 bridgehead atoms. The van der Waals surface area contributed by atoms with Gasteiger partial charge in [0.2, 0.25) is 7.72 Å². The second kappa shape index (κ2) is 3.53. The van der Waals surface area contributed by atoms with Gasteiger partial charge in [-0.25, -0.2) is 0 Å². The molecule has 0 radical (unpaired) electrons. The number of hydrogen-bond acceptors (Lipinski definition) is 3. The van der Waals surface area contributed by atoms with Crippen molar-refractivity contribution >= 4 is 15.6 Å². The molecule has 0 amide bonds. The van der Waals surface area contributed by atoms with Crippen molar-refractivity contribution in [2.45, 2.75) is 0 Å². The van der Waals surface area contributed by atoms with E-state index in [1.165, 1.54) is 0 Å². The van der Waals surface area contributed by atoms with Gasteiger partial charge in [-0.2, -0.15) is 0 Å². The second-order valence-corrected chi connectivity index (χ2v) is 5.17. The van der Waals surface area contributed by atoms with Crippen LogP contribution in [-0.2, 0) is 4.57 Å². The second-order valence-electron chi connectivity index (χ2n) is 0.824. The van der Waals surface area contributed by atoms with Gasteiger partial charge in [0.25, 0.3) is 0 Å². The van der Waals surface area contributed by atoms with Crippen molar-refractivity contribution in [3.8, 4) is 0 Å². The highest BCUT2D eigenvalue weighted by molar-refractivity contribution is 8.19. The molecule has 0 aromatic heterocycles. The van der Waals surface area contributed by atoms with Crippen LogP contribution in [0.5, 0.6) is 0 Å². The van der Waals surface area contributed by atoms with E-state index >= 15 is 0 Å². The molecule has 3 N–H and O–H groups in total. The molecule has 0 fully saturated rings. The van der Waals surface area contributed by atoms with Gasteiger partial charge < -0.3 is 14.9 Å². The summed E-state index contributed by atoms with van der Waals surface area (Å²) in [4.78, 5) is 16.2. The summed E-state index contributed by atoms with van der Waals surface area (Å²) in [5.41, 5.74) is 0. The van der Waals surface area contributed by atoms with Gasteiger partial charge in [-0.15, -0.1) is 0 Å². The Morgan fingerprint density at radius 3 is 2.14 bits per heavy atom. The van der Waals surface area contributed by atoms with Crippen LogP contribution in [0, 0.1) is 0 Å². The molecule has 2 unspecified atom stereocenters. The highest BCUT2D eigenvalue weighted by atomic mass is 32.1. The number of aliphatic hydroxyl groups excluding tert-OH is 1. The molecule has 0 heterocycles. The molecular formula is CH6O4P2. The van der Waals surface area contributed by atoms with Crippen molar-refractivity contribution in [1.82, 2.24) is 0 Å². The number of hydrogen-bond donors (Lipinski definition) is 3. The lowest BCUT2D eigenvalue weighted by atomic mass is 11.7. The molecule has 0 aromatic carbocycles. The standard InChI is InChI=1S/CH6O4P2/c2-1-6(3)7(4)5/h2-3,7H,1H2,(H,4,5). The van der Waals surface area contributed by atoms with E-state index in [0.717, 1.165) is 0 Å². The maximum Gasteiger partial charge on any atom is 0.237 e. The molecule has 7 heavy (non-hydrogen) atoms. The maximum atomic E-state index is 9.73. The lowest BCUT2D eigenvalue weighted by Gasteiger charge is -1.96. The van der Waals surface area contributed by atoms with Crippen molar-refractivity contribution in [3.63, 3.8) is 0 Å². The smallest absolute Gasteiger partial charge is 0.237 e.